The summed E-state index contributed by atoms with van der Waals surface area (Å²) in [4.78, 5) is 0. The van der Waals surface area contributed by atoms with Gasteiger partial charge in [0.25, 0.3) is 0 Å². The number of hydrogen-bond donors (Lipinski definition) is 1. The van der Waals surface area contributed by atoms with Gasteiger partial charge >= 0.3 is 0 Å². The molecular formula is C11H16N4O3. The molecule has 0 fully saturated rings. The van der Waals surface area contributed by atoms with E-state index in [1.54, 1.807) is 24.1 Å². The van der Waals surface area contributed by atoms with Crippen LogP contribution < -0.4 is 0 Å². The Kier molecular flexibility index (Phi) is 4.06. The Hall–Kier alpha value is -1.73. The summed E-state index contributed by atoms with van der Waals surface area (Å²) in [7, 11) is 1.60. The molecule has 7 nitrogen and oxygen atoms in total. The van der Waals surface area contributed by atoms with Crippen molar-refractivity contribution < 1.29 is 14.4 Å². The Morgan fingerprint density at radius 2 is 2.39 bits per heavy atom. The Balaban J connectivity index is 2.01. The second-order valence-corrected chi connectivity index (χ2v) is 3.98. The van der Waals surface area contributed by atoms with Gasteiger partial charge in [0.2, 0.25) is 0 Å². The van der Waals surface area contributed by atoms with E-state index in [2.05, 4.69) is 15.5 Å². The molecular weight excluding hydrogens is 236 g/mol. The van der Waals surface area contributed by atoms with Gasteiger partial charge in [0, 0.05) is 13.2 Å². The third kappa shape index (κ3) is 2.93. The first-order valence-electron chi connectivity index (χ1n) is 5.74. The van der Waals surface area contributed by atoms with Crippen molar-refractivity contribution in [3.63, 3.8) is 0 Å². The SMILES string of the molecule is CCC(O)c1cn(Cc2cc(COC)on2)nn1. The third-order valence-electron chi connectivity index (χ3n) is 2.50. The number of nitrogens with zero attached hydrogens (tertiary/aromatic N) is 4. The molecule has 0 spiro atoms. The van der Waals surface area contributed by atoms with Gasteiger partial charge in [0.05, 0.1) is 18.8 Å². The minimum Gasteiger partial charge on any atom is -0.387 e. The predicted octanol–water partition coefficient (Wildman–Crippen LogP) is 0.904. The fourth-order valence-corrected chi connectivity index (χ4v) is 1.56. The van der Waals surface area contributed by atoms with Crippen LogP contribution in [0.3, 0.4) is 0 Å². The van der Waals surface area contributed by atoms with E-state index in [1.165, 1.54) is 0 Å². The highest BCUT2D eigenvalue weighted by molar-refractivity contribution is 5.06. The molecule has 1 unspecified atom stereocenters. The monoisotopic (exact) mass is 252 g/mol. The lowest BCUT2D eigenvalue weighted by molar-refractivity contribution is 0.155. The summed E-state index contributed by atoms with van der Waals surface area (Å²) in [5.41, 5.74) is 1.31. The van der Waals surface area contributed by atoms with Crippen LogP contribution in [0, 0.1) is 0 Å². The highest BCUT2D eigenvalue weighted by atomic mass is 16.5. The van der Waals surface area contributed by atoms with Crippen molar-refractivity contribution in [1.29, 1.82) is 0 Å². The zero-order chi connectivity index (χ0) is 13.0. The maximum atomic E-state index is 9.62. The van der Waals surface area contributed by atoms with E-state index >= 15 is 0 Å². The summed E-state index contributed by atoms with van der Waals surface area (Å²) in [5.74, 6) is 0.668. The van der Waals surface area contributed by atoms with Gasteiger partial charge in [-0.05, 0) is 6.42 Å². The van der Waals surface area contributed by atoms with Crippen molar-refractivity contribution in [2.24, 2.45) is 0 Å². The molecule has 0 saturated carbocycles. The van der Waals surface area contributed by atoms with Crippen molar-refractivity contribution in [1.82, 2.24) is 20.2 Å². The number of methoxy groups -OCH3 is 1. The molecule has 7 heteroatoms. The molecule has 98 valence electrons. The number of aliphatic hydroxyl groups excluding tert-OH is 1. The van der Waals surface area contributed by atoms with Gasteiger partial charge < -0.3 is 14.4 Å². The topological polar surface area (TPSA) is 86.2 Å². The van der Waals surface area contributed by atoms with Crippen LogP contribution in [0.4, 0.5) is 0 Å². The van der Waals surface area contributed by atoms with Gasteiger partial charge in [-0.3, -0.25) is 0 Å². The summed E-state index contributed by atoms with van der Waals surface area (Å²) in [6, 6.07) is 1.81. The Bertz CT molecular complexity index is 494. The molecule has 2 heterocycles. The Labute approximate surface area is 104 Å². The maximum Gasteiger partial charge on any atom is 0.162 e. The Morgan fingerprint density at radius 1 is 1.56 bits per heavy atom. The van der Waals surface area contributed by atoms with Crippen molar-refractivity contribution in [3.8, 4) is 0 Å². The maximum absolute atomic E-state index is 9.62. The largest absolute Gasteiger partial charge is 0.387 e. The Morgan fingerprint density at radius 3 is 3.11 bits per heavy atom. The van der Waals surface area contributed by atoms with Gasteiger partial charge in [-0.25, -0.2) is 4.68 Å². The van der Waals surface area contributed by atoms with Gasteiger partial charge in [0.15, 0.2) is 5.76 Å². The molecule has 0 aromatic carbocycles. The minimum absolute atomic E-state index is 0.393. The van der Waals surface area contributed by atoms with Gasteiger partial charge in [0.1, 0.15) is 18.0 Å². The molecule has 2 rings (SSSR count). The van der Waals surface area contributed by atoms with Crippen LogP contribution >= 0.6 is 0 Å². The summed E-state index contributed by atoms with van der Waals surface area (Å²) < 4.78 is 11.6. The normalized spacial score (nSPS) is 12.8. The molecule has 1 atom stereocenters. The number of aromatic nitrogens is 4. The van der Waals surface area contributed by atoms with Crippen molar-refractivity contribution in [2.75, 3.05) is 7.11 Å². The van der Waals surface area contributed by atoms with Crippen LogP contribution in [-0.2, 0) is 17.9 Å². The molecule has 0 aliphatic carbocycles. The molecule has 18 heavy (non-hydrogen) atoms. The van der Waals surface area contributed by atoms with E-state index in [0.717, 1.165) is 5.69 Å². The third-order valence-corrected chi connectivity index (χ3v) is 2.50. The molecule has 2 aromatic rings. The van der Waals surface area contributed by atoms with Crippen LogP contribution in [0.25, 0.3) is 0 Å². The zero-order valence-electron chi connectivity index (χ0n) is 10.4. The summed E-state index contributed by atoms with van der Waals surface area (Å²) in [6.07, 6.45) is 1.75. The van der Waals surface area contributed by atoms with E-state index in [4.69, 9.17) is 9.26 Å². The molecule has 1 N–H and O–H groups in total. The van der Waals surface area contributed by atoms with E-state index in [0.29, 0.717) is 31.0 Å². The van der Waals surface area contributed by atoms with E-state index in [1.807, 2.05) is 6.92 Å². The lowest BCUT2D eigenvalue weighted by Crippen LogP contribution is -2.00. The van der Waals surface area contributed by atoms with Gasteiger partial charge in [-0.1, -0.05) is 17.3 Å². The average Bonchev–Trinajstić information content (AvgIpc) is 2.99. The first kappa shape index (κ1) is 12.7. The second kappa shape index (κ2) is 5.74. The summed E-state index contributed by atoms with van der Waals surface area (Å²) >= 11 is 0. The molecule has 0 amide bonds. The lowest BCUT2D eigenvalue weighted by Gasteiger charge is -2.00. The van der Waals surface area contributed by atoms with Crippen molar-refractivity contribution in [2.45, 2.75) is 32.6 Å². The zero-order valence-corrected chi connectivity index (χ0v) is 10.4. The van der Waals surface area contributed by atoms with Crippen molar-refractivity contribution >= 4 is 0 Å². The summed E-state index contributed by atoms with van der Waals surface area (Å²) in [6.45, 7) is 2.74. The molecule has 0 radical (unpaired) electrons. The van der Waals surface area contributed by atoms with Gasteiger partial charge in [-0.2, -0.15) is 0 Å². The first-order chi connectivity index (χ1) is 8.72. The fraction of sp³-hybridized carbons (Fsp3) is 0.545. The van der Waals surface area contributed by atoms with Crippen molar-refractivity contribution in [3.05, 3.63) is 29.4 Å². The smallest absolute Gasteiger partial charge is 0.162 e. The minimum atomic E-state index is -0.569. The van der Waals surface area contributed by atoms with Crippen LogP contribution in [-0.4, -0.2) is 32.4 Å². The van der Waals surface area contributed by atoms with Crippen LogP contribution in [0.1, 0.15) is 36.6 Å². The van der Waals surface area contributed by atoms with Crippen LogP contribution in [0.5, 0.6) is 0 Å². The highest BCUT2D eigenvalue weighted by Gasteiger charge is 2.11. The lowest BCUT2D eigenvalue weighted by atomic mass is 10.2. The first-order valence-corrected chi connectivity index (χ1v) is 5.74. The fourth-order valence-electron chi connectivity index (χ4n) is 1.56. The molecule has 0 bridgehead atoms. The highest BCUT2D eigenvalue weighted by Crippen LogP contribution is 2.13. The van der Waals surface area contributed by atoms with Crippen LogP contribution in [0.15, 0.2) is 16.8 Å². The number of aliphatic hydroxyl groups is 1. The average molecular weight is 252 g/mol. The number of ether oxygens (including phenoxy) is 1. The molecule has 0 aliphatic rings. The number of hydrogen-bond acceptors (Lipinski definition) is 6. The molecule has 0 saturated heterocycles. The second-order valence-electron chi connectivity index (χ2n) is 3.98. The standard InChI is InChI=1S/C11H16N4O3/c1-3-11(16)10-6-15(14-12-10)5-8-4-9(7-17-2)18-13-8/h4,6,11,16H,3,5,7H2,1-2H3. The summed E-state index contributed by atoms with van der Waals surface area (Å²) in [5, 5.41) is 21.4. The molecule has 0 aliphatic heterocycles. The van der Waals surface area contributed by atoms with Crippen LogP contribution in [0.2, 0.25) is 0 Å². The molecule has 2 aromatic heterocycles. The van der Waals surface area contributed by atoms with E-state index in [-0.39, 0.29) is 0 Å². The van der Waals surface area contributed by atoms with E-state index < -0.39 is 6.10 Å². The van der Waals surface area contributed by atoms with E-state index in [9.17, 15) is 5.11 Å². The predicted molar refractivity (Wildman–Crippen MR) is 61.6 cm³/mol. The van der Waals surface area contributed by atoms with Gasteiger partial charge in [-0.15, -0.1) is 5.10 Å². The quantitative estimate of drug-likeness (QED) is 0.822. The number of rotatable bonds is 6.